The van der Waals surface area contributed by atoms with E-state index in [1.165, 1.54) is 30.5 Å². The number of benzene rings is 1. The van der Waals surface area contributed by atoms with Crippen molar-refractivity contribution in [3.8, 4) is 0 Å². The maximum absolute atomic E-state index is 3.73. The summed E-state index contributed by atoms with van der Waals surface area (Å²) in [5.41, 5.74) is 3.05. The van der Waals surface area contributed by atoms with Crippen molar-refractivity contribution in [2.45, 2.75) is 51.5 Å². The predicted octanol–water partition coefficient (Wildman–Crippen LogP) is 2.87. The number of hydrogen-bond acceptors (Lipinski definition) is 2. The molecule has 2 rings (SSSR count). The summed E-state index contributed by atoms with van der Waals surface area (Å²) in [7, 11) is 0. The van der Waals surface area contributed by atoms with E-state index in [0.29, 0.717) is 6.04 Å². The molecule has 0 bridgehead atoms. The highest BCUT2D eigenvalue weighted by Crippen LogP contribution is 2.23. The van der Waals surface area contributed by atoms with E-state index >= 15 is 0 Å². The van der Waals surface area contributed by atoms with E-state index < -0.39 is 0 Å². The molecule has 1 aliphatic heterocycles. The smallest absolute Gasteiger partial charge is 0.0193 e. The van der Waals surface area contributed by atoms with Crippen molar-refractivity contribution < 1.29 is 0 Å². The molecule has 0 aliphatic carbocycles. The monoisotopic (exact) mass is 260 g/mol. The lowest BCUT2D eigenvalue weighted by atomic mass is 9.83. The Morgan fingerprint density at radius 1 is 1.26 bits per heavy atom. The summed E-state index contributed by atoms with van der Waals surface area (Å²) in [6.07, 6.45) is 3.72. The second-order valence-electron chi connectivity index (χ2n) is 6.36. The Labute approximate surface area is 118 Å². The molecule has 1 unspecified atom stereocenters. The molecule has 1 aromatic rings. The van der Waals surface area contributed by atoms with Crippen LogP contribution in [0.3, 0.4) is 0 Å². The summed E-state index contributed by atoms with van der Waals surface area (Å²) < 4.78 is 0. The third-order valence-corrected chi connectivity index (χ3v) is 4.27. The fraction of sp³-hybridized carbons (Fsp3) is 0.647. The predicted molar refractivity (Wildman–Crippen MR) is 82.7 cm³/mol. The molecule has 19 heavy (non-hydrogen) atoms. The van der Waals surface area contributed by atoms with Crippen LogP contribution in [-0.4, -0.2) is 25.7 Å². The molecular weight excluding hydrogens is 232 g/mol. The quantitative estimate of drug-likeness (QED) is 0.850. The Morgan fingerprint density at radius 2 is 2.00 bits per heavy atom. The summed E-state index contributed by atoms with van der Waals surface area (Å²) in [5, 5.41) is 7.19. The highest BCUT2D eigenvalue weighted by Gasteiger charge is 2.22. The van der Waals surface area contributed by atoms with Crippen LogP contribution >= 0.6 is 0 Å². The molecular formula is C17H28N2. The molecule has 2 N–H and O–H groups in total. The Bertz CT molecular complexity index is 375. The van der Waals surface area contributed by atoms with Crippen LogP contribution in [-0.2, 0) is 11.8 Å². The van der Waals surface area contributed by atoms with E-state index in [-0.39, 0.29) is 5.41 Å². The van der Waals surface area contributed by atoms with Crippen molar-refractivity contribution in [2.75, 3.05) is 19.6 Å². The molecule has 2 nitrogen and oxygen atoms in total. The minimum atomic E-state index is 0.198. The first-order valence-corrected chi connectivity index (χ1v) is 7.65. The zero-order valence-corrected chi connectivity index (χ0v) is 12.6. The number of nitrogens with one attached hydrogen (secondary N) is 2. The lowest BCUT2D eigenvalue weighted by Crippen LogP contribution is -2.47. The van der Waals surface area contributed by atoms with Gasteiger partial charge >= 0.3 is 0 Å². The van der Waals surface area contributed by atoms with Crippen LogP contribution in [0.5, 0.6) is 0 Å². The highest BCUT2D eigenvalue weighted by molar-refractivity contribution is 5.28. The van der Waals surface area contributed by atoms with E-state index in [1.807, 2.05) is 0 Å². The first-order chi connectivity index (χ1) is 9.12. The summed E-state index contributed by atoms with van der Waals surface area (Å²) in [6.45, 7) is 10.2. The van der Waals surface area contributed by atoms with Gasteiger partial charge in [-0.3, -0.25) is 0 Å². The number of aryl methyl sites for hydroxylation is 1. The van der Waals surface area contributed by atoms with Gasteiger partial charge in [-0.1, -0.05) is 45.0 Å². The minimum Gasteiger partial charge on any atom is -0.315 e. The van der Waals surface area contributed by atoms with Crippen LogP contribution in [0.25, 0.3) is 0 Å². The van der Waals surface area contributed by atoms with Crippen LogP contribution < -0.4 is 10.6 Å². The number of piperidine rings is 1. The van der Waals surface area contributed by atoms with E-state index in [0.717, 1.165) is 19.5 Å². The Hall–Kier alpha value is -0.860. The van der Waals surface area contributed by atoms with Gasteiger partial charge in [-0.15, -0.1) is 0 Å². The topological polar surface area (TPSA) is 24.1 Å². The van der Waals surface area contributed by atoms with E-state index in [9.17, 15) is 0 Å². The molecule has 0 radical (unpaired) electrons. The van der Waals surface area contributed by atoms with Crippen LogP contribution in [0.2, 0.25) is 0 Å². The number of hydrogen-bond donors (Lipinski definition) is 2. The second kappa shape index (κ2) is 6.53. The highest BCUT2D eigenvalue weighted by atomic mass is 15.0. The standard InChI is InChI=1S/C17H28N2/c1-4-14-7-9-15(10-8-14)17(2,3)13-19-16-6-5-11-18-12-16/h7-10,16,18-19H,4-6,11-13H2,1-3H3. The largest absolute Gasteiger partial charge is 0.315 e. The zero-order valence-electron chi connectivity index (χ0n) is 12.6. The first kappa shape index (κ1) is 14.5. The van der Waals surface area contributed by atoms with Crippen molar-refractivity contribution in [3.05, 3.63) is 35.4 Å². The zero-order chi connectivity index (χ0) is 13.7. The van der Waals surface area contributed by atoms with Gasteiger partial charge in [0.05, 0.1) is 0 Å². The van der Waals surface area contributed by atoms with E-state index in [4.69, 9.17) is 0 Å². The number of rotatable bonds is 5. The van der Waals surface area contributed by atoms with Crippen LogP contribution in [0.4, 0.5) is 0 Å². The van der Waals surface area contributed by atoms with E-state index in [1.54, 1.807) is 0 Å². The summed E-state index contributed by atoms with van der Waals surface area (Å²) in [6, 6.07) is 9.75. The normalized spacial score (nSPS) is 20.5. The molecule has 0 aromatic heterocycles. The third kappa shape index (κ3) is 4.05. The van der Waals surface area contributed by atoms with Gasteiger partial charge in [-0.2, -0.15) is 0 Å². The van der Waals surface area contributed by atoms with Gasteiger partial charge in [-0.25, -0.2) is 0 Å². The molecule has 0 spiro atoms. The van der Waals surface area contributed by atoms with Crippen molar-refractivity contribution in [1.29, 1.82) is 0 Å². The van der Waals surface area contributed by atoms with E-state index in [2.05, 4.69) is 55.7 Å². The van der Waals surface area contributed by atoms with Crippen molar-refractivity contribution in [3.63, 3.8) is 0 Å². The van der Waals surface area contributed by atoms with Gasteiger partial charge in [0.25, 0.3) is 0 Å². The van der Waals surface area contributed by atoms with Gasteiger partial charge in [0, 0.05) is 24.5 Å². The molecule has 1 fully saturated rings. The molecule has 2 heteroatoms. The molecule has 0 amide bonds. The average Bonchev–Trinajstić information content (AvgIpc) is 2.46. The molecule has 1 saturated heterocycles. The first-order valence-electron chi connectivity index (χ1n) is 7.65. The van der Waals surface area contributed by atoms with Gasteiger partial charge in [0.15, 0.2) is 0 Å². The molecule has 106 valence electrons. The maximum atomic E-state index is 3.73. The molecule has 1 aromatic carbocycles. The Morgan fingerprint density at radius 3 is 2.58 bits per heavy atom. The summed E-state index contributed by atoms with van der Waals surface area (Å²) >= 11 is 0. The molecule has 1 heterocycles. The molecule has 1 atom stereocenters. The van der Waals surface area contributed by atoms with Crippen LogP contribution in [0.15, 0.2) is 24.3 Å². The third-order valence-electron chi connectivity index (χ3n) is 4.27. The fourth-order valence-electron chi connectivity index (χ4n) is 2.72. The van der Waals surface area contributed by atoms with Crippen molar-refractivity contribution >= 4 is 0 Å². The lowest BCUT2D eigenvalue weighted by molar-refractivity contribution is 0.354. The Kier molecular flexibility index (Phi) is 5.00. The second-order valence-corrected chi connectivity index (χ2v) is 6.36. The SMILES string of the molecule is CCc1ccc(C(C)(C)CNC2CCCNC2)cc1. The van der Waals surface area contributed by atoms with Crippen molar-refractivity contribution in [1.82, 2.24) is 10.6 Å². The average molecular weight is 260 g/mol. The summed E-state index contributed by atoms with van der Waals surface area (Å²) in [4.78, 5) is 0. The minimum absolute atomic E-state index is 0.198. The van der Waals surface area contributed by atoms with Gasteiger partial charge in [0.2, 0.25) is 0 Å². The molecule has 1 aliphatic rings. The molecule has 0 saturated carbocycles. The fourth-order valence-corrected chi connectivity index (χ4v) is 2.72. The van der Waals surface area contributed by atoms with Gasteiger partial charge in [-0.05, 0) is 36.9 Å². The van der Waals surface area contributed by atoms with Crippen molar-refractivity contribution in [2.24, 2.45) is 0 Å². The maximum Gasteiger partial charge on any atom is 0.0193 e. The van der Waals surface area contributed by atoms with Crippen LogP contribution in [0.1, 0.15) is 44.7 Å². The van der Waals surface area contributed by atoms with Gasteiger partial charge in [0.1, 0.15) is 0 Å². The lowest BCUT2D eigenvalue weighted by Gasteiger charge is -2.31. The summed E-state index contributed by atoms with van der Waals surface area (Å²) in [5.74, 6) is 0. The van der Waals surface area contributed by atoms with Gasteiger partial charge < -0.3 is 10.6 Å². The Balaban J connectivity index is 1.92. The van der Waals surface area contributed by atoms with Crippen LogP contribution in [0, 0.1) is 0 Å².